The van der Waals surface area contributed by atoms with Crippen LogP contribution in [0.1, 0.15) is 30.3 Å². The molecular formula is C13H16N8. The SMILES string of the molecule is Cc1cc(N2CCC[C@@H](c3ncn[nH]3)C2)n2ncnc2n1. The number of hydrogen-bond donors (Lipinski definition) is 1. The van der Waals surface area contributed by atoms with Crippen molar-refractivity contribution in [2.45, 2.75) is 25.7 Å². The van der Waals surface area contributed by atoms with Crippen LogP contribution < -0.4 is 4.90 Å². The number of rotatable bonds is 2. The zero-order valence-electron chi connectivity index (χ0n) is 11.8. The number of piperidine rings is 1. The van der Waals surface area contributed by atoms with Gasteiger partial charge in [-0.05, 0) is 19.8 Å². The molecule has 1 fully saturated rings. The number of hydrogen-bond acceptors (Lipinski definition) is 6. The van der Waals surface area contributed by atoms with Gasteiger partial charge in [-0.2, -0.15) is 19.7 Å². The van der Waals surface area contributed by atoms with E-state index in [1.54, 1.807) is 17.2 Å². The predicted molar refractivity (Wildman–Crippen MR) is 76.1 cm³/mol. The zero-order chi connectivity index (χ0) is 14.2. The van der Waals surface area contributed by atoms with E-state index in [0.717, 1.165) is 43.3 Å². The first-order valence-electron chi connectivity index (χ1n) is 7.09. The number of aromatic nitrogens is 7. The number of fused-ring (bicyclic) bond motifs is 1. The molecule has 4 rings (SSSR count). The normalized spacial score (nSPS) is 19.3. The summed E-state index contributed by atoms with van der Waals surface area (Å²) < 4.78 is 1.80. The fraction of sp³-hybridized carbons (Fsp3) is 0.462. The summed E-state index contributed by atoms with van der Waals surface area (Å²) in [4.78, 5) is 15.2. The number of nitrogens with zero attached hydrogens (tertiary/aromatic N) is 7. The second-order valence-corrected chi connectivity index (χ2v) is 5.38. The lowest BCUT2D eigenvalue weighted by molar-refractivity contribution is 0.487. The van der Waals surface area contributed by atoms with Gasteiger partial charge in [0.1, 0.15) is 24.3 Å². The van der Waals surface area contributed by atoms with E-state index in [4.69, 9.17) is 0 Å². The molecule has 0 aliphatic carbocycles. The fourth-order valence-electron chi connectivity index (χ4n) is 2.96. The molecule has 0 amide bonds. The average molecular weight is 284 g/mol. The van der Waals surface area contributed by atoms with Crippen molar-refractivity contribution >= 4 is 11.6 Å². The van der Waals surface area contributed by atoms with Crippen LogP contribution >= 0.6 is 0 Å². The van der Waals surface area contributed by atoms with E-state index in [1.807, 2.05) is 6.92 Å². The predicted octanol–water partition coefficient (Wildman–Crippen LogP) is 0.935. The van der Waals surface area contributed by atoms with Crippen LogP contribution in [-0.2, 0) is 0 Å². The van der Waals surface area contributed by atoms with Crippen molar-refractivity contribution in [3.8, 4) is 0 Å². The lowest BCUT2D eigenvalue weighted by atomic mass is 9.97. The molecule has 1 saturated heterocycles. The highest BCUT2D eigenvalue weighted by Crippen LogP contribution is 2.28. The molecule has 0 bridgehead atoms. The van der Waals surface area contributed by atoms with Crippen molar-refractivity contribution in [3.63, 3.8) is 0 Å². The van der Waals surface area contributed by atoms with Gasteiger partial charge >= 0.3 is 0 Å². The molecule has 1 aliphatic rings. The molecule has 0 spiro atoms. The van der Waals surface area contributed by atoms with E-state index in [0.29, 0.717) is 11.7 Å². The van der Waals surface area contributed by atoms with Crippen molar-refractivity contribution < 1.29 is 0 Å². The number of nitrogens with one attached hydrogen (secondary N) is 1. The Kier molecular flexibility index (Phi) is 2.80. The maximum Gasteiger partial charge on any atom is 0.254 e. The van der Waals surface area contributed by atoms with Crippen LogP contribution in [0.25, 0.3) is 5.78 Å². The lowest BCUT2D eigenvalue weighted by Crippen LogP contribution is -2.36. The Labute approximate surface area is 121 Å². The first-order chi connectivity index (χ1) is 10.3. The summed E-state index contributed by atoms with van der Waals surface area (Å²) in [5, 5.41) is 11.2. The largest absolute Gasteiger partial charge is 0.356 e. The quantitative estimate of drug-likeness (QED) is 0.753. The highest BCUT2D eigenvalue weighted by Gasteiger charge is 2.25. The smallest absolute Gasteiger partial charge is 0.254 e. The molecule has 0 aromatic carbocycles. The molecule has 3 aromatic heterocycles. The summed E-state index contributed by atoms with van der Waals surface area (Å²) in [7, 11) is 0. The second kappa shape index (κ2) is 4.80. The van der Waals surface area contributed by atoms with Crippen LogP contribution in [0.3, 0.4) is 0 Å². The molecule has 1 aliphatic heterocycles. The van der Waals surface area contributed by atoms with E-state index in [1.165, 1.54) is 0 Å². The highest BCUT2D eigenvalue weighted by molar-refractivity contribution is 5.47. The third-order valence-corrected chi connectivity index (χ3v) is 3.93. The molecule has 4 heterocycles. The minimum atomic E-state index is 0.369. The summed E-state index contributed by atoms with van der Waals surface area (Å²) in [5.41, 5.74) is 0.951. The van der Waals surface area contributed by atoms with Crippen molar-refractivity contribution in [1.82, 2.24) is 34.8 Å². The minimum absolute atomic E-state index is 0.369. The number of H-pyrrole nitrogens is 1. The van der Waals surface area contributed by atoms with Gasteiger partial charge in [-0.3, -0.25) is 5.10 Å². The van der Waals surface area contributed by atoms with Crippen LogP contribution in [0.2, 0.25) is 0 Å². The summed E-state index contributed by atoms with van der Waals surface area (Å²) >= 11 is 0. The molecule has 1 N–H and O–H groups in total. The van der Waals surface area contributed by atoms with E-state index >= 15 is 0 Å². The van der Waals surface area contributed by atoms with Gasteiger partial charge in [0, 0.05) is 30.8 Å². The summed E-state index contributed by atoms with van der Waals surface area (Å²) in [6, 6.07) is 2.06. The van der Waals surface area contributed by atoms with Gasteiger partial charge in [-0.25, -0.2) is 9.97 Å². The molecule has 0 radical (unpaired) electrons. The molecule has 0 saturated carbocycles. The van der Waals surface area contributed by atoms with Crippen LogP contribution in [0.5, 0.6) is 0 Å². The molecule has 8 heteroatoms. The third-order valence-electron chi connectivity index (χ3n) is 3.93. The van der Waals surface area contributed by atoms with Gasteiger partial charge in [0.25, 0.3) is 5.78 Å². The van der Waals surface area contributed by atoms with Gasteiger partial charge in [-0.1, -0.05) is 0 Å². The Hall–Kier alpha value is -2.51. The highest BCUT2D eigenvalue weighted by atomic mass is 15.4. The van der Waals surface area contributed by atoms with E-state index in [-0.39, 0.29) is 0 Å². The van der Waals surface area contributed by atoms with E-state index in [2.05, 4.69) is 41.2 Å². The van der Waals surface area contributed by atoms with Crippen molar-refractivity contribution in [2.24, 2.45) is 0 Å². The topological polar surface area (TPSA) is 87.9 Å². The maximum absolute atomic E-state index is 4.39. The second-order valence-electron chi connectivity index (χ2n) is 5.38. The van der Waals surface area contributed by atoms with E-state index < -0.39 is 0 Å². The lowest BCUT2D eigenvalue weighted by Gasteiger charge is -2.33. The molecule has 1 atom stereocenters. The first-order valence-corrected chi connectivity index (χ1v) is 7.09. The number of aryl methyl sites for hydroxylation is 1. The Morgan fingerprint density at radius 1 is 1.29 bits per heavy atom. The Balaban J connectivity index is 1.70. The fourth-order valence-corrected chi connectivity index (χ4v) is 2.96. The third kappa shape index (κ3) is 2.12. The van der Waals surface area contributed by atoms with Gasteiger partial charge in [-0.15, -0.1) is 0 Å². The molecule has 21 heavy (non-hydrogen) atoms. The van der Waals surface area contributed by atoms with E-state index in [9.17, 15) is 0 Å². The summed E-state index contributed by atoms with van der Waals surface area (Å²) in [5.74, 6) is 3.01. The van der Waals surface area contributed by atoms with Crippen LogP contribution in [-0.4, -0.2) is 47.9 Å². The molecule has 3 aromatic rings. The standard InChI is InChI=1S/C13H16N8/c1-9-5-11(21-13(18-9)15-8-17-21)20-4-2-3-10(6-20)12-14-7-16-19-12/h5,7-8,10H,2-4,6H2,1H3,(H,14,16,19)/t10-/m1/s1. The van der Waals surface area contributed by atoms with Gasteiger partial charge in [0.2, 0.25) is 0 Å². The van der Waals surface area contributed by atoms with Crippen LogP contribution in [0, 0.1) is 6.92 Å². The molecule has 0 unspecified atom stereocenters. The molecule has 8 nitrogen and oxygen atoms in total. The molecular weight excluding hydrogens is 268 g/mol. The van der Waals surface area contributed by atoms with Crippen LogP contribution in [0.4, 0.5) is 5.82 Å². The van der Waals surface area contributed by atoms with Crippen molar-refractivity contribution in [2.75, 3.05) is 18.0 Å². The van der Waals surface area contributed by atoms with Gasteiger partial charge in [0.15, 0.2) is 0 Å². The monoisotopic (exact) mass is 284 g/mol. The molecule has 108 valence electrons. The number of anilines is 1. The van der Waals surface area contributed by atoms with Crippen molar-refractivity contribution in [3.05, 3.63) is 30.2 Å². The van der Waals surface area contributed by atoms with Gasteiger partial charge in [0.05, 0.1) is 0 Å². The number of aromatic amines is 1. The van der Waals surface area contributed by atoms with Gasteiger partial charge < -0.3 is 4.90 Å². The maximum atomic E-state index is 4.39. The first kappa shape index (κ1) is 12.2. The van der Waals surface area contributed by atoms with Crippen molar-refractivity contribution in [1.29, 1.82) is 0 Å². The minimum Gasteiger partial charge on any atom is -0.356 e. The summed E-state index contributed by atoms with van der Waals surface area (Å²) in [6.07, 6.45) is 5.35. The zero-order valence-corrected chi connectivity index (χ0v) is 11.8. The Morgan fingerprint density at radius 3 is 3.10 bits per heavy atom. The van der Waals surface area contributed by atoms with Crippen LogP contribution in [0.15, 0.2) is 18.7 Å². The Morgan fingerprint density at radius 2 is 2.24 bits per heavy atom. The average Bonchev–Trinajstić information content (AvgIpc) is 3.17. The Bertz CT molecular complexity index is 747. The summed E-state index contributed by atoms with van der Waals surface area (Å²) in [6.45, 7) is 3.88.